The highest BCUT2D eigenvalue weighted by Crippen LogP contribution is 2.10. The van der Waals surface area contributed by atoms with E-state index in [2.05, 4.69) is 34.1 Å². The number of anilines is 1. The molecule has 2 aromatic rings. The van der Waals surface area contributed by atoms with Gasteiger partial charge >= 0.3 is 0 Å². The molecule has 0 saturated heterocycles. The van der Waals surface area contributed by atoms with Crippen LogP contribution in [0.25, 0.3) is 0 Å². The van der Waals surface area contributed by atoms with Crippen LogP contribution in [0.4, 0.5) is 5.82 Å². The molecule has 0 unspecified atom stereocenters. The summed E-state index contributed by atoms with van der Waals surface area (Å²) in [5, 5.41) is 3.36. The van der Waals surface area contributed by atoms with Crippen molar-refractivity contribution in [2.45, 2.75) is 26.9 Å². The van der Waals surface area contributed by atoms with Crippen LogP contribution in [0, 0.1) is 5.92 Å². The molecule has 0 aliphatic rings. The number of nitrogens with one attached hydrogen (secondary N) is 1. The Morgan fingerprint density at radius 1 is 1.10 bits per heavy atom. The molecule has 0 aromatic carbocycles. The SMILES string of the molecule is CC(C)CNCc1cnc(N(C)Cc2ccccn2)cn1. The van der Waals surface area contributed by atoms with E-state index < -0.39 is 0 Å². The lowest BCUT2D eigenvalue weighted by Crippen LogP contribution is -2.21. The number of hydrogen-bond donors (Lipinski definition) is 1. The Labute approximate surface area is 126 Å². The summed E-state index contributed by atoms with van der Waals surface area (Å²) >= 11 is 0. The summed E-state index contributed by atoms with van der Waals surface area (Å²) < 4.78 is 0. The van der Waals surface area contributed by atoms with Crippen LogP contribution in [-0.4, -0.2) is 28.5 Å². The molecule has 0 aliphatic carbocycles. The number of aromatic nitrogens is 3. The van der Waals surface area contributed by atoms with Crippen molar-refractivity contribution in [3.63, 3.8) is 0 Å². The zero-order chi connectivity index (χ0) is 15.1. The van der Waals surface area contributed by atoms with Gasteiger partial charge in [-0.3, -0.25) is 9.97 Å². The van der Waals surface area contributed by atoms with Gasteiger partial charge in [0.05, 0.1) is 30.3 Å². The molecule has 0 bridgehead atoms. The topological polar surface area (TPSA) is 53.9 Å². The fourth-order valence-corrected chi connectivity index (χ4v) is 1.94. The van der Waals surface area contributed by atoms with Gasteiger partial charge in [-0.05, 0) is 24.6 Å². The van der Waals surface area contributed by atoms with Gasteiger partial charge in [-0.2, -0.15) is 0 Å². The summed E-state index contributed by atoms with van der Waals surface area (Å²) in [5.41, 5.74) is 1.98. The van der Waals surface area contributed by atoms with Gasteiger partial charge in [0.1, 0.15) is 5.82 Å². The maximum absolute atomic E-state index is 4.47. The maximum atomic E-state index is 4.47. The highest BCUT2D eigenvalue weighted by Gasteiger charge is 2.05. The molecular formula is C16H23N5. The van der Waals surface area contributed by atoms with Crippen molar-refractivity contribution in [1.82, 2.24) is 20.3 Å². The first-order chi connectivity index (χ1) is 10.1. The zero-order valence-electron chi connectivity index (χ0n) is 13.0. The first-order valence-electron chi connectivity index (χ1n) is 7.28. The number of rotatable bonds is 7. The Bertz CT molecular complexity index is 524. The second-order valence-corrected chi connectivity index (χ2v) is 5.57. The van der Waals surface area contributed by atoms with Crippen LogP contribution >= 0.6 is 0 Å². The summed E-state index contributed by atoms with van der Waals surface area (Å²) in [6.45, 7) is 6.85. The predicted octanol–water partition coefficient (Wildman–Crippen LogP) is 2.25. The second kappa shape index (κ2) is 7.69. The molecule has 1 N–H and O–H groups in total. The van der Waals surface area contributed by atoms with E-state index in [1.54, 1.807) is 6.20 Å². The van der Waals surface area contributed by atoms with Crippen LogP contribution in [0.1, 0.15) is 25.2 Å². The van der Waals surface area contributed by atoms with Crippen molar-refractivity contribution in [1.29, 1.82) is 0 Å². The van der Waals surface area contributed by atoms with Crippen LogP contribution in [0.3, 0.4) is 0 Å². The van der Waals surface area contributed by atoms with Crippen LogP contribution < -0.4 is 10.2 Å². The van der Waals surface area contributed by atoms with E-state index in [0.29, 0.717) is 5.92 Å². The third-order valence-corrected chi connectivity index (χ3v) is 3.07. The lowest BCUT2D eigenvalue weighted by molar-refractivity contribution is 0.547. The van der Waals surface area contributed by atoms with E-state index in [1.165, 1.54) is 0 Å². The van der Waals surface area contributed by atoms with Gasteiger partial charge in [0.15, 0.2) is 0 Å². The van der Waals surface area contributed by atoms with Crippen molar-refractivity contribution in [3.05, 3.63) is 48.2 Å². The minimum Gasteiger partial charge on any atom is -0.353 e. The molecule has 0 amide bonds. The Balaban J connectivity index is 1.89. The van der Waals surface area contributed by atoms with E-state index in [1.807, 2.05) is 42.5 Å². The van der Waals surface area contributed by atoms with E-state index >= 15 is 0 Å². The first kappa shape index (κ1) is 15.4. The molecule has 5 heteroatoms. The van der Waals surface area contributed by atoms with Crippen molar-refractivity contribution >= 4 is 5.82 Å². The lowest BCUT2D eigenvalue weighted by atomic mass is 10.2. The van der Waals surface area contributed by atoms with E-state index in [0.717, 1.165) is 36.8 Å². The molecule has 2 aromatic heterocycles. The van der Waals surface area contributed by atoms with E-state index in [9.17, 15) is 0 Å². The van der Waals surface area contributed by atoms with Crippen LogP contribution in [0.15, 0.2) is 36.8 Å². The number of nitrogens with zero attached hydrogens (tertiary/aromatic N) is 4. The Kier molecular flexibility index (Phi) is 5.63. The number of pyridine rings is 1. The normalized spacial score (nSPS) is 10.9. The van der Waals surface area contributed by atoms with Crippen molar-refractivity contribution in [2.75, 3.05) is 18.5 Å². The quantitative estimate of drug-likeness (QED) is 0.845. The molecule has 2 rings (SSSR count). The molecule has 21 heavy (non-hydrogen) atoms. The van der Waals surface area contributed by atoms with Crippen molar-refractivity contribution in [2.24, 2.45) is 5.92 Å². The third kappa shape index (κ3) is 5.11. The zero-order valence-corrected chi connectivity index (χ0v) is 13.0. The van der Waals surface area contributed by atoms with E-state index in [-0.39, 0.29) is 0 Å². The largest absolute Gasteiger partial charge is 0.353 e. The fourth-order valence-electron chi connectivity index (χ4n) is 1.94. The molecule has 0 fully saturated rings. The van der Waals surface area contributed by atoms with Gasteiger partial charge in [-0.1, -0.05) is 19.9 Å². The monoisotopic (exact) mass is 285 g/mol. The molecule has 0 aliphatic heterocycles. The predicted molar refractivity (Wildman–Crippen MR) is 84.9 cm³/mol. The Morgan fingerprint density at radius 3 is 2.57 bits per heavy atom. The molecule has 0 saturated carbocycles. The Hall–Kier alpha value is -2.01. The highest BCUT2D eigenvalue weighted by atomic mass is 15.2. The van der Waals surface area contributed by atoms with Gasteiger partial charge in [0.2, 0.25) is 0 Å². The summed E-state index contributed by atoms with van der Waals surface area (Å²) in [5.74, 6) is 1.50. The lowest BCUT2D eigenvalue weighted by Gasteiger charge is -2.17. The summed E-state index contributed by atoms with van der Waals surface area (Å²) in [6.07, 6.45) is 5.45. The Morgan fingerprint density at radius 2 is 1.95 bits per heavy atom. The van der Waals surface area contributed by atoms with Gasteiger partial charge in [0, 0.05) is 19.8 Å². The average molecular weight is 285 g/mol. The van der Waals surface area contributed by atoms with Crippen molar-refractivity contribution in [3.8, 4) is 0 Å². The smallest absolute Gasteiger partial charge is 0.147 e. The maximum Gasteiger partial charge on any atom is 0.147 e. The molecule has 2 heterocycles. The second-order valence-electron chi connectivity index (χ2n) is 5.57. The summed E-state index contributed by atoms with van der Waals surface area (Å²) in [4.78, 5) is 15.3. The average Bonchev–Trinajstić information content (AvgIpc) is 2.48. The van der Waals surface area contributed by atoms with Gasteiger partial charge in [0.25, 0.3) is 0 Å². The van der Waals surface area contributed by atoms with Crippen LogP contribution in [0.5, 0.6) is 0 Å². The van der Waals surface area contributed by atoms with Crippen LogP contribution in [-0.2, 0) is 13.1 Å². The third-order valence-electron chi connectivity index (χ3n) is 3.07. The van der Waals surface area contributed by atoms with Gasteiger partial charge in [-0.15, -0.1) is 0 Å². The minimum absolute atomic E-state index is 0.640. The van der Waals surface area contributed by atoms with Gasteiger partial charge in [-0.25, -0.2) is 4.98 Å². The molecule has 5 nitrogen and oxygen atoms in total. The minimum atomic E-state index is 0.640. The van der Waals surface area contributed by atoms with Gasteiger partial charge < -0.3 is 10.2 Å². The number of hydrogen-bond acceptors (Lipinski definition) is 5. The standard InChI is InChI=1S/C16H23N5/c1-13(2)8-17-9-15-10-20-16(11-19-15)21(3)12-14-6-4-5-7-18-14/h4-7,10-11,13,17H,8-9,12H2,1-3H3. The molecule has 112 valence electrons. The summed E-state index contributed by atoms with van der Waals surface area (Å²) in [7, 11) is 2.00. The van der Waals surface area contributed by atoms with Crippen LogP contribution in [0.2, 0.25) is 0 Å². The molecular weight excluding hydrogens is 262 g/mol. The highest BCUT2D eigenvalue weighted by molar-refractivity contribution is 5.35. The molecule has 0 atom stereocenters. The molecule has 0 radical (unpaired) electrons. The summed E-state index contributed by atoms with van der Waals surface area (Å²) in [6, 6.07) is 5.92. The first-order valence-corrected chi connectivity index (χ1v) is 7.28. The van der Waals surface area contributed by atoms with Crippen molar-refractivity contribution < 1.29 is 0 Å². The fraction of sp³-hybridized carbons (Fsp3) is 0.438. The van der Waals surface area contributed by atoms with E-state index in [4.69, 9.17) is 0 Å². The molecule has 0 spiro atoms.